The van der Waals surface area contributed by atoms with Crippen LogP contribution in [-0.4, -0.2) is 31.4 Å². The fourth-order valence-electron chi connectivity index (χ4n) is 2.59. The van der Waals surface area contributed by atoms with Crippen LogP contribution in [0.25, 0.3) is 0 Å². The Labute approximate surface area is 151 Å². The van der Waals surface area contributed by atoms with E-state index >= 15 is 0 Å². The average Bonchev–Trinajstić information content (AvgIpc) is 2.58. The number of nitrogens with zero attached hydrogens (tertiary/aromatic N) is 1. The van der Waals surface area contributed by atoms with Gasteiger partial charge in [0.1, 0.15) is 6.07 Å². The van der Waals surface area contributed by atoms with Gasteiger partial charge >= 0.3 is 5.97 Å². The van der Waals surface area contributed by atoms with Crippen LogP contribution in [0.5, 0.6) is 11.5 Å². The largest absolute Gasteiger partial charge is 0.493 e. The van der Waals surface area contributed by atoms with Gasteiger partial charge in [0.2, 0.25) is 0 Å². The van der Waals surface area contributed by atoms with E-state index < -0.39 is 12.0 Å². The van der Waals surface area contributed by atoms with E-state index in [1.807, 2.05) is 6.07 Å². The van der Waals surface area contributed by atoms with Crippen molar-refractivity contribution in [1.29, 1.82) is 5.26 Å². The third kappa shape index (κ3) is 4.00. The summed E-state index contributed by atoms with van der Waals surface area (Å²) >= 11 is 5.22. The van der Waals surface area contributed by atoms with E-state index in [1.165, 1.54) is 7.11 Å². The molecule has 132 valence electrons. The van der Waals surface area contributed by atoms with Crippen LogP contribution in [-0.2, 0) is 9.53 Å². The third-order valence-corrected chi connectivity index (χ3v) is 3.81. The van der Waals surface area contributed by atoms with Crippen LogP contribution in [0.2, 0.25) is 0 Å². The first-order valence-electron chi connectivity index (χ1n) is 7.65. The molecular formula is C17H19N3O4S. The summed E-state index contributed by atoms with van der Waals surface area (Å²) in [6, 6.07) is 6.62. The van der Waals surface area contributed by atoms with Crippen LogP contribution >= 0.6 is 12.2 Å². The molecule has 0 radical (unpaired) electrons. The van der Waals surface area contributed by atoms with Crippen molar-refractivity contribution in [3.63, 3.8) is 0 Å². The number of methoxy groups -OCH3 is 1. The third-order valence-electron chi connectivity index (χ3n) is 3.59. The lowest BCUT2D eigenvalue weighted by Gasteiger charge is -2.31. The molecule has 0 saturated heterocycles. The topological polar surface area (TPSA) is 92.6 Å². The van der Waals surface area contributed by atoms with Crippen molar-refractivity contribution >= 4 is 23.3 Å². The maximum Gasteiger partial charge on any atom is 0.338 e. The second-order valence-corrected chi connectivity index (χ2v) is 5.52. The number of nitriles is 1. The van der Waals surface area contributed by atoms with Crippen LogP contribution in [0.4, 0.5) is 0 Å². The number of benzene rings is 1. The summed E-state index contributed by atoms with van der Waals surface area (Å²) < 4.78 is 16.1. The van der Waals surface area contributed by atoms with E-state index in [4.69, 9.17) is 31.7 Å². The van der Waals surface area contributed by atoms with Gasteiger partial charge in [0.25, 0.3) is 0 Å². The average molecular weight is 361 g/mol. The van der Waals surface area contributed by atoms with Gasteiger partial charge in [0.15, 0.2) is 23.2 Å². The standard InChI is InChI=1S/C17H19N3O4S/c1-4-23-16(21)13-10(2)19-17(25)20-14(13)11-6-5-7-12(22-3)15(11)24-9-8-18/h5-7,14H,4,9H2,1-3H3,(H2,19,20,25). The Morgan fingerprint density at radius 2 is 2.20 bits per heavy atom. The molecule has 0 saturated carbocycles. The summed E-state index contributed by atoms with van der Waals surface area (Å²) in [6.45, 7) is 3.59. The van der Waals surface area contributed by atoms with Gasteiger partial charge in [-0.15, -0.1) is 0 Å². The quantitative estimate of drug-likeness (QED) is 0.587. The molecule has 7 nitrogen and oxygen atoms in total. The zero-order valence-electron chi connectivity index (χ0n) is 14.2. The molecule has 1 aliphatic rings. The Morgan fingerprint density at radius 1 is 1.44 bits per heavy atom. The number of esters is 1. The molecule has 0 spiro atoms. The first-order valence-corrected chi connectivity index (χ1v) is 8.06. The van der Waals surface area contributed by atoms with Crippen LogP contribution in [0, 0.1) is 11.3 Å². The summed E-state index contributed by atoms with van der Waals surface area (Å²) in [5.74, 6) is 0.379. The molecule has 1 aromatic rings. The van der Waals surface area contributed by atoms with Crippen LogP contribution < -0.4 is 20.1 Å². The molecule has 1 atom stereocenters. The number of rotatable bonds is 6. The number of thiocarbonyl (C=S) groups is 1. The Bertz CT molecular complexity index is 755. The SMILES string of the molecule is CCOC(=O)C1=C(C)NC(=S)NC1c1cccc(OC)c1OCC#N. The van der Waals surface area contributed by atoms with E-state index in [-0.39, 0.29) is 13.2 Å². The minimum Gasteiger partial charge on any atom is -0.493 e. The van der Waals surface area contributed by atoms with Crippen molar-refractivity contribution in [2.75, 3.05) is 20.3 Å². The Morgan fingerprint density at radius 3 is 2.84 bits per heavy atom. The molecule has 1 unspecified atom stereocenters. The first kappa shape index (κ1) is 18.5. The summed E-state index contributed by atoms with van der Waals surface area (Å²) in [6.07, 6.45) is 0. The predicted molar refractivity (Wildman–Crippen MR) is 95.0 cm³/mol. The molecule has 1 aromatic carbocycles. The summed E-state index contributed by atoms with van der Waals surface area (Å²) in [7, 11) is 1.51. The minimum atomic E-state index is -0.586. The smallest absolute Gasteiger partial charge is 0.338 e. The molecule has 0 amide bonds. The Kier molecular flexibility index (Phi) is 6.19. The monoisotopic (exact) mass is 361 g/mol. The molecule has 8 heteroatoms. The second kappa shape index (κ2) is 8.35. The fourth-order valence-corrected chi connectivity index (χ4v) is 2.86. The molecule has 2 rings (SSSR count). The van der Waals surface area contributed by atoms with Gasteiger partial charge in [-0.3, -0.25) is 0 Å². The normalized spacial score (nSPS) is 16.4. The lowest BCUT2D eigenvalue weighted by atomic mass is 9.94. The van der Waals surface area contributed by atoms with Crippen molar-refractivity contribution in [2.24, 2.45) is 0 Å². The van der Waals surface area contributed by atoms with Gasteiger partial charge in [0.05, 0.1) is 25.3 Å². The maximum absolute atomic E-state index is 12.5. The number of carbonyl (C=O) groups is 1. The highest BCUT2D eigenvalue weighted by atomic mass is 32.1. The van der Waals surface area contributed by atoms with Gasteiger partial charge in [-0.2, -0.15) is 5.26 Å². The number of ether oxygens (including phenoxy) is 3. The van der Waals surface area contributed by atoms with Crippen molar-refractivity contribution in [3.8, 4) is 17.6 Å². The van der Waals surface area contributed by atoms with Crippen LogP contribution in [0.1, 0.15) is 25.5 Å². The van der Waals surface area contributed by atoms with Gasteiger partial charge in [0, 0.05) is 11.3 Å². The number of para-hydroxylation sites is 1. The second-order valence-electron chi connectivity index (χ2n) is 5.12. The van der Waals surface area contributed by atoms with Crippen molar-refractivity contribution < 1.29 is 19.0 Å². The summed E-state index contributed by atoms with van der Waals surface area (Å²) in [5, 5.41) is 15.2. The lowest BCUT2D eigenvalue weighted by molar-refractivity contribution is -0.139. The molecule has 25 heavy (non-hydrogen) atoms. The number of carbonyl (C=O) groups excluding carboxylic acids is 1. The summed E-state index contributed by atoms with van der Waals surface area (Å²) in [5.41, 5.74) is 1.62. The number of nitrogens with one attached hydrogen (secondary N) is 2. The van der Waals surface area contributed by atoms with Gasteiger partial charge in [-0.25, -0.2) is 4.79 Å². The molecule has 1 heterocycles. The van der Waals surface area contributed by atoms with E-state index in [2.05, 4.69) is 10.6 Å². The van der Waals surface area contributed by atoms with E-state index in [1.54, 1.807) is 32.0 Å². The van der Waals surface area contributed by atoms with Crippen LogP contribution in [0.15, 0.2) is 29.5 Å². The zero-order chi connectivity index (χ0) is 18.4. The minimum absolute atomic E-state index is 0.153. The zero-order valence-corrected chi connectivity index (χ0v) is 15.0. The van der Waals surface area contributed by atoms with E-state index in [0.29, 0.717) is 33.4 Å². The Hall–Kier alpha value is -2.79. The predicted octanol–water partition coefficient (Wildman–Crippen LogP) is 1.95. The molecule has 0 fully saturated rings. The van der Waals surface area contributed by atoms with Crippen molar-refractivity contribution in [2.45, 2.75) is 19.9 Å². The first-order chi connectivity index (χ1) is 12.0. The number of hydrogen-bond acceptors (Lipinski definition) is 6. The van der Waals surface area contributed by atoms with Crippen molar-refractivity contribution in [1.82, 2.24) is 10.6 Å². The number of allylic oxidation sites excluding steroid dienone is 1. The Balaban J connectivity index is 2.57. The highest BCUT2D eigenvalue weighted by Crippen LogP contribution is 2.39. The molecule has 0 bridgehead atoms. The molecule has 2 N–H and O–H groups in total. The highest BCUT2D eigenvalue weighted by Gasteiger charge is 2.33. The lowest BCUT2D eigenvalue weighted by Crippen LogP contribution is -2.45. The fraction of sp³-hybridized carbons (Fsp3) is 0.353. The molecular weight excluding hydrogens is 342 g/mol. The summed E-state index contributed by atoms with van der Waals surface area (Å²) in [4.78, 5) is 12.5. The van der Waals surface area contributed by atoms with Crippen LogP contribution in [0.3, 0.4) is 0 Å². The van der Waals surface area contributed by atoms with Gasteiger partial charge < -0.3 is 24.8 Å². The van der Waals surface area contributed by atoms with Gasteiger partial charge in [-0.05, 0) is 32.1 Å². The van der Waals surface area contributed by atoms with E-state index in [0.717, 1.165) is 0 Å². The molecule has 1 aliphatic heterocycles. The molecule has 0 aliphatic carbocycles. The highest BCUT2D eigenvalue weighted by molar-refractivity contribution is 7.80. The maximum atomic E-state index is 12.5. The van der Waals surface area contributed by atoms with E-state index in [9.17, 15) is 4.79 Å². The van der Waals surface area contributed by atoms with Gasteiger partial charge in [-0.1, -0.05) is 12.1 Å². The van der Waals surface area contributed by atoms with Crippen molar-refractivity contribution in [3.05, 3.63) is 35.0 Å². The number of hydrogen-bond donors (Lipinski definition) is 2. The molecule has 0 aromatic heterocycles.